The summed E-state index contributed by atoms with van der Waals surface area (Å²) in [7, 11) is 1.26. The van der Waals surface area contributed by atoms with Crippen molar-refractivity contribution in [3.8, 4) is 22.5 Å². The minimum atomic E-state index is -0.624. The number of nitrogens with zero attached hydrogens (tertiary/aromatic N) is 8. The molecule has 1 saturated heterocycles. The molecule has 0 unspecified atom stereocenters. The Labute approximate surface area is 207 Å². The van der Waals surface area contributed by atoms with Gasteiger partial charge in [-0.05, 0) is 18.9 Å². The van der Waals surface area contributed by atoms with Crippen molar-refractivity contribution in [1.29, 1.82) is 0 Å². The van der Waals surface area contributed by atoms with Gasteiger partial charge in [0, 0.05) is 36.6 Å². The lowest BCUT2D eigenvalue weighted by Crippen LogP contribution is -2.53. The highest BCUT2D eigenvalue weighted by molar-refractivity contribution is 5.83. The molecule has 1 aliphatic rings. The van der Waals surface area contributed by atoms with Gasteiger partial charge in [0.05, 0.1) is 60.9 Å². The number of ether oxygens (including phenoxy) is 1. The van der Waals surface area contributed by atoms with Crippen molar-refractivity contribution < 1.29 is 14.3 Å². The number of carbonyl (C=O) groups excluding carboxylic acids is 2. The SMILES string of the molecule is CCC(CC)n1cc(-c2nc(-c3cnn(C4CN(C(=O)CNC(=O)OC)C4)c3)cn3nccc23)cn1. The molecule has 0 aromatic carbocycles. The van der Waals surface area contributed by atoms with Crippen LogP contribution in [0.3, 0.4) is 0 Å². The lowest BCUT2D eigenvalue weighted by molar-refractivity contribution is -0.136. The molecular weight excluding hydrogens is 462 g/mol. The van der Waals surface area contributed by atoms with E-state index in [2.05, 4.69) is 45.4 Å². The van der Waals surface area contributed by atoms with Crippen LogP contribution in [-0.2, 0) is 9.53 Å². The van der Waals surface area contributed by atoms with E-state index in [-0.39, 0.29) is 18.5 Å². The molecule has 36 heavy (non-hydrogen) atoms. The summed E-state index contributed by atoms with van der Waals surface area (Å²) in [6.45, 7) is 5.29. The van der Waals surface area contributed by atoms with Crippen LogP contribution < -0.4 is 5.32 Å². The largest absolute Gasteiger partial charge is 0.453 e. The third-order valence-corrected chi connectivity index (χ3v) is 6.64. The molecular formula is C24H29N9O3. The topological polar surface area (TPSA) is 124 Å². The van der Waals surface area contributed by atoms with Crippen LogP contribution in [0.4, 0.5) is 4.79 Å². The molecule has 5 rings (SSSR count). The highest BCUT2D eigenvalue weighted by Gasteiger charge is 2.32. The molecule has 12 heteroatoms. The third kappa shape index (κ3) is 4.41. The van der Waals surface area contributed by atoms with Gasteiger partial charge >= 0.3 is 6.09 Å². The summed E-state index contributed by atoms with van der Waals surface area (Å²) >= 11 is 0. The highest BCUT2D eigenvalue weighted by Crippen LogP contribution is 2.29. The summed E-state index contributed by atoms with van der Waals surface area (Å²) < 4.78 is 10.2. The van der Waals surface area contributed by atoms with Crippen molar-refractivity contribution in [3.05, 3.63) is 43.2 Å². The van der Waals surface area contributed by atoms with E-state index in [1.54, 1.807) is 17.3 Å². The summed E-state index contributed by atoms with van der Waals surface area (Å²) in [5.41, 5.74) is 4.27. The molecule has 188 valence electrons. The maximum Gasteiger partial charge on any atom is 0.407 e. The number of hydrogen-bond acceptors (Lipinski definition) is 7. The second-order valence-electron chi connectivity index (χ2n) is 8.82. The molecule has 0 radical (unpaired) electrons. The molecule has 0 aliphatic carbocycles. The second kappa shape index (κ2) is 9.80. The molecule has 0 bridgehead atoms. The Morgan fingerprint density at radius 1 is 1.08 bits per heavy atom. The Morgan fingerprint density at radius 2 is 1.86 bits per heavy atom. The van der Waals surface area contributed by atoms with E-state index >= 15 is 0 Å². The number of likely N-dealkylation sites (tertiary alicyclic amines) is 1. The molecule has 0 spiro atoms. The number of rotatable bonds is 8. The fraction of sp³-hybridized carbons (Fsp3) is 0.417. The van der Waals surface area contributed by atoms with E-state index in [0.29, 0.717) is 19.1 Å². The number of amides is 2. The van der Waals surface area contributed by atoms with Gasteiger partial charge < -0.3 is 15.0 Å². The Morgan fingerprint density at radius 3 is 2.61 bits per heavy atom. The van der Waals surface area contributed by atoms with Gasteiger partial charge in [-0.1, -0.05) is 13.8 Å². The monoisotopic (exact) mass is 491 g/mol. The quantitative estimate of drug-likeness (QED) is 0.402. The van der Waals surface area contributed by atoms with E-state index in [1.165, 1.54) is 7.11 Å². The lowest BCUT2D eigenvalue weighted by atomic mass is 10.1. The normalized spacial score (nSPS) is 13.8. The van der Waals surface area contributed by atoms with E-state index in [0.717, 1.165) is 40.9 Å². The summed E-state index contributed by atoms with van der Waals surface area (Å²) in [5.74, 6) is -0.159. The Hall–Kier alpha value is -4.22. The molecule has 1 N–H and O–H groups in total. The first-order valence-electron chi connectivity index (χ1n) is 12.0. The summed E-state index contributed by atoms with van der Waals surface area (Å²) in [6.07, 6.45) is 12.7. The summed E-state index contributed by atoms with van der Waals surface area (Å²) in [4.78, 5) is 30.0. The number of carbonyl (C=O) groups is 2. The van der Waals surface area contributed by atoms with E-state index in [4.69, 9.17) is 4.98 Å². The van der Waals surface area contributed by atoms with Gasteiger partial charge in [0.15, 0.2) is 0 Å². The predicted molar refractivity (Wildman–Crippen MR) is 131 cm³/mol. The highest BCUT2D eigenvalue weighted by atomic mass is 16.5. The van der Waals surface area contributed by atoms with Gasteiger partial charge in [-0.2, -0.15) is 15.3 Å². The van der Waals surface area contributed by atoms with Crippen LogP contribution in [0, 0.1) is 0 Å². The average Bonchev–Trinajstić information content (AvgIpc) is 3.62. The van der Waals surface area contributed by atoms with Crippen molar-refractivity contribution in [1.82, 2.24) is 44.4 Å². The Kier molecular flexibility index (Phi) is 6.40. The van der Waals surface area contributed by atoms with E-state index in [9.17, 15) is 9.59 Å². The predicted octanol–water partition coefficient (Wildman–Crippen LogP) is 2.56. The molecule has 1 aliphatic heterocycles. The zero-order chi connectivity index (χ0) is 25.2. The van der Waals surface area contributed by atoms with Crippen molar-refractivity contribution in [3.63, 3.8) is 0 Å². The maximum absolute atomic E-state index is 12.2. The van der Waals surface area contributed by atoms with Crippen LogP contribution in [0.5, 0.6) is 0 Å². The van der Waals surface area contributed by atoms with Gasteiger partial charge in [-0.25, -0.2) is 14.3 Å². The van der Waals surface area contributed by atoms with Gasteiger partial charge in [-0.3, -0.25) is 14.2 Å². The fourth-order valence-corrected chi connectivity index (χ4v) is 4.43. The minimum Gasteiger partial charge on any atom is -0.453 e. The Balaban J connectivity index is 1.34. The standard InChI is InChI=1S/C24H29N9O3/c1-4-18(5-2)31-12-17(9-28-31)23-21-6-7-26-33(21)15-20(29-23)16-8-27-32(11-16)19-13-30(14-19)22(34)10-25-24(35)36-3/h6-9,11-12,15,18-19H,4-5,10,13-14H2,1-3H3,(H,25,35). The number of fused-ring (bicyclic) bond motifs is 1. The van der Waals surface area contributed by atoms with Gasteiger partial charge in [0.25, 0.3) is 0 Å². The molecule has 2 amide bonds. The third-order valence-electron chi connectivity index (χ3n) is 6.64. The van der Waals surface area contributed by atoms with Gasteiger partial charge in [-0.15, -0.1) is 0 Å². The summed E-state index contributed by atoms with van der Waals surface area (Å²) in [6, 6.07) is 2.36. The van der Waals surface area contributed by atoms with E-state index in [1.807, 2.05) is 38.5 Å². The van der Waals surface area contributed by atoms with Crippen LogP contribution in [0.2, 0.25) is 0 Å². The number of aromatic nitrogens is 7. The minimum absolute atomic E-state index is 0.0620. The first-order chi connectivity index (χ1) is 17.5. The van der Waals surface area contributed by atoms with Crippen molar-refractivity contribution >= 4 is 17.5 Å². The number of nitrogens with one attached hydrogen (secondary N) is 1. The summed E-state index contributed by atoms with van der Waals surface area (Å²) in [5, 5.41) is 16.0. The number of alkyl carbamates (subject to hydrolysis) is 1. The second-order valence-corrected chi connectivity index (χ2v) is 8.82. The van der Waals surface area contributed by atoms with Crippen molar-refractivity contribution in [2.45, 2.75) is 38.8 Å². The molecule has 4 aromatic rings. The molecule has 12 nitrogen and oxygen atoms in total. The lowest BCUT2D eigenvalue weighted by Gasteiger charge is -2.39. The van der Waals surface area contributed by atoms with Gasteiger partial charge in [0.1, 0.15) is 6.54 Å². The van der Waals surface area contributed by atoms with Crippen LogP contribution in [-0.4, -0.2) is 77.8 Å². The zero-order valence-corrected chi connectivity index (χ0v) is 20.5. The molecule has 5 heterocycles. The van der Waals surface area contributed by atoms with E-state index < -0.39 is 6.09 Å². The first-order valence-corrected chi connectivity index (χ1v) is 12.0. The van der Waals surface area contributed by atoms with Crippen LogP contribution in [0.25, 0.3) is 28.0 Å². The molecule has 1 fully saturated rings. The first kappa shape index (κ1) is 23.5. The number of hydrogen-bond donors (Lipinski definition) is 1. The molecule has 4 aromatic heterocycles. The van der Waals surface area contributed by atoms with Crippen molar-refractivity contribution in [2.75, 3.05) is 26.7 Å². The van der Waals surface area contributed by atoms with Crippen LogP contribution in [0.15, 0.2) is 43.2 Å². The van der Waals surface area contributed by atoms with Crippen molar-refractivity contribution in [2.24, 2.45) is 0 Å². The average molecular weight is 492 g/mol. The van der Waals surface area contributed by atoms with Gasteiger partial charge in [0.2, 0.25) is 5.91 Å². The molecule has 0 saturated carbocycles. The van der Waals surface area contributed by atoms with Crippen LogP contribution in [0.1, 0.15) is 38.8 Å². The maximum atomic E-state index is 12.2. The number of methoxy groups -OCH3 is 1. The molecule has 0 atom stereocenters. The van der Waals surface area contributed by atoms with Crippen LogP contribution >= 0.6 is 0 Å². The smallest absolute Gasteiger partial charge is 0.407 e. The zero-order valence-electron chi connectivity index (χ0n) is 20.5. The fourth-order valence-electron chi connectivity index (χ4n) is 4.43. The Bertz CT molecular complexity index is 1380.